The summed E-state index contributed by atoms with van der Waals surface area (Å²) in [5.74, 6) is -0.371. The number of amides is 1. The summed E-state index contributed by atoms with van der Waals surface area (Å²) in [6, 6.07) is 11.8. The second kappa shape index (κ2) is 7.24. The van der Waals surface area contributed by atoms with Gasteiger partial charge in [-0.2, -0.15) is 13.2 Å². The fraction of sp³-hybridized carbons (Fsp3) is 0.188. The lowest BCUT2D eigenvalue weighted by molar-refractivity contribution is -0.121. The summed E-state index contributed by atoms with van der Waals surface area (Å²) in [6.07, 6.45) is -4.64. The molecule has 2 aromatic rings. The van der Waals surface area contributed by atoms with Gasteiger partial charge in [0, 0.05) is 11.3 Å². The number of sulfonamides is 1. The highest BCUT2D eigenvalue weighted by Crippen LogP contribution is 2.18. The van der Waals surface area contributed by atoms with E-state index in [1.54, 1.807) is 31.2 Å². The van der Waals surface area contributed by atoms with Crippen molar-refractivity contribution in [3.05, 3.63) is 59.7 Å². The zero-order chi connectivity index (χ0) is 18.7. The van der Waals surface area contributed by atoms with Crippen molar-refractivity contribution in [1.82, 2.24) is 4.72 Å². The zero-order valence-corrected chi connectivity index (χ0v) is 13.9. The molecule has 0 fully saturated rings. The molecule has 2 N–H and O–H groups in total. The van der Waals surface area contributed by atoms with Crippen LogP contribution in [0.25, 0.3) is 0 Å². The van der Waals surface area contributed by atoms with E-state index < -0.39 is 22.7 Å². The van der Waals surface area contributed by atoms with Crippen molar-refractivity contribution >= 4 is 21.6 Å². The Morgan fingerprint density at radius 2 is 1.64 bits per heavy atom. The van der Waals surface area contributed by atoms with Crippen LogP contribution >= 0.6 is 0 Å². The zero-order valence-electron chi connectivity index (χ0n) is 13.1. The van der Waals surface area contributed by atoms with Gasteiger partial charge in [-0.25, -0.2) is 13.1 Å². The smallest absolute Gasteiger partial charge is 0.322 e. The third-order valence-electron chi connectivity index (χ3n) is 3.27. The largest absolute Gasteiger partial charge is 0.402 e. The molecule has 0 aliphatic carbocycles. The van der Waals surface area contributed by atoms with Gasteiger partial charge in [-0.3, -0.25) is 4.79 Å². The molecular formula is C16H15F3N2O3S. The van der Waals surface area contributed by atoms with E-state index in [0.29, 0.717) is 11.3 Å². The lowest BCUT2D eigenvalue weighted by Gasteiger charge is -2.11. The van der Waals surface area contributed by atoms with Crippen LogP contribution in [0, 0.1) is 6.92 Å². The Bertz CT molecular complexity index is 863. The van der Waals surface area contributed by atoms with Gasteiger partial charge in [-0.05, 0) is 42.8 Å². The third-order valence-corrected chi connectivity index (χ3v) is 4.69. The Morgan fingerprint density at radius 1 is 1.04 bits per heavy atom. The molecule has 0 atom stereocenters. The van der Waals surface area contributed by atoms with Gasteiger partial charge >= 0.3 is 6.18 Å². The van der Waals surface area contributed by atoms with Crippen LogP contribution < -0.4 is 10.0 Å². The summed E-state index contributed by atoms with van der Waals surface area (Å²) < 4.78 is 61.4. The summed E-state index contributed by atoms with van der Waals surface area (Å²) in [7, 11) is -4.28. The monoisotopic (exact) mass is 372 g/mol. The Labute approximate surface area is 142 Å². The van der Waals surface area contributed by atoms with Gasteiger partial charge in [-0.15, -0.1) is 0 Å². The molecule has 1 amide bonds. The fourth-order valence-electron chi connectivity index (χ4n) is 2.00. The second-order valence-corrected chi connectivity index (χ2v) is 7.00. The SMILES string of the molecule is Cc1ccccc1C(=O)Nc1ccc(S(=O)(=O)NCC(F)(F)F)cc1. The van der Waals surface area contributed by atoms with E-state index in [4.69, 9.17) is 0 Å². The number of hydrogen-bond acceptors (Lipinski definition) is 3. The average Bonchev–Trinajstić information content (AvgIpc) is 2.53. The molecule has 5 nitrogen and oxygen atoms in total. The predicted octanol–water partition coefficient (Wildman–Crippen LogP) is 3.09. The number of carbonyl (C=O) groups is 1. The number of benzene rings is 2. The predicted molar refractivity (Wildman–Crippen MR) is 86.8 cm³/mol. The Balaban J connectivity index is 2.10. The van der Waals surface area contributed by atoms with Crippen LogP contribution in [0.15, 0.2) is 53.4 Å². The van der Waals surface area contributed by atoms with Crippen LogP contribution in [-0.2, 0) is 10.0 Å². The number of halogens is 3. The van der Waals surface area contributed by atoms with E-state index in [9.17, 15) is 26.4 Å². The van der Waals surface area contributed by atoms with Gasteiger partial charge in [0.1, 0.15) is 6.54 Å². The molecular weight excluding hydrogens is 357 g/mol. The van der Waals surface area contributed by atoms with Crippen LogP contribution in [0.2, 0.25) is 0 Å². The van der Waals surface area contributed by atoms with E-state index >= 15 is 0 Å². The van der Waals surface area contributed by atoms with Crippen molar-refractivity contribution in [2.45, 2.75) is 18.0 Å². The highest BCUT2D eigenvalue weighted by molar-refractivity contribution is 7.89. The molecule has 0 spiro atoms. The maximum absolute atomic E-state index is 12.2. The van der Waals surface area contributed by atoms with Gasteiger partial charge in [0.2, 0.25) is 10.0 Å². The molecule has 2 rings (SSSR count). The molecule has 0 saturated heterocycles. The molecule has 0 unspecified atom stereocenters. The lowest BCUT2D eigenvalue weighted by atomic mass is 10.1. The first-order valence-electron chi connectivity index (χ1n) is 7.12. The molecule has 0 aromatic heterocycles. The minimum Gasteiger partial charge on any atom is -0.322 e. The molecule has 0 aliphatic rings. The molecule has 0 saturated carbocycles. The normalized spacial score (nSPS) is 12.0. The van der Waals surface area contributed by atoms with Gasteiger partial charge < -0.3 is 5.32 Å². The van der Waals surface area contributed by atoms with Crippen molar-refractivity contribution in [2.75, 3.05) is 11.9 Å². The van der Waals surface area contributed by atoms with Crippen LogP contribution in [0.4, 0.5) is 18.9 Å². The van der Waals surface area contributed by atoms with Crippen molar-refractivity contribution in [1.29, 1.82) is 0 Å². The first-order valence-corrected chi connectivity index (χ1v) is 8.60. The highest BCUT2D eigenvalue weighted by Gasteiger charge is 2.30. The second-order valence-electron chi connectivity index (χ2n) is 5.23. The van der Waals surface area contributed by atoms with Crippen LogP contribution in [0.1, 0.15) is 15.9 Å². The highest BCUT2D eigenvalue weighted by atomic mass is 32.2. The van der Waals surface area contributed by atoms with Crippen molar-refractivity contribution < 1.29 is 26.4 Å². The van der Waals surface area contributed by atoms with Gasteiger partial charge in [-0.1, -0.05) is 18.2 Å². The molecule has 134 valence electrons. The number of anilines is 1. The van der Waals surface area contributed by atoms with E-state index in [2.05, 4.69) is 5.32 Å². The molecule has 0 aliphatic heterocycles. The number of aryl methyl sites for hydroxylation is 1. The van der Waals surface area contributed by atoms with Crippen LogP contribution in [-0.4, -0.2) is 27.0 Å². The molecule has 9 heteroatoms. The summed E-state index contributed by atoms with van der Waals surface area (Å²) in [5.41, 5.74) is 1.56. The summed E-state index contributed by atoms with van der Waals surface area (Å²) in [6.45, 7) is 0.123. The Kier molecular flexibility index (Phi) is 5.48. The maximum atomic E-state index is 12.2. The number of alkyl halides is 3. The number of carbonyl (C=O) groups excluding carboxylic acids is 1. The number of hydrogen-bond donors (Lipinski definition) is 2. The summed E-state index contributed by atoms with van der Waals surface area (Å²) in [4.78, 5) is 11.8. The third kappa shape index (κ3) is 5.30. The standard InChI is InChI=1S/C16H15F3N2O3S/c1-11-4-2-3-5-14(11)15(22)21-12-6-8-13(9-7-12)25(23,24)20-10-16(17,18)19/h2-9,20H,10H2,1H3,(H,21,22). The quantitative estimate of drug-likeness (QED) is 0.847. The maximum Gasteiger partial charge on any atom is 0.402 e. The van der Waals surface area contributed by atoms with E-state index in [0.717, 1.165) is 17.7 Å². The fourth-order valence-corrected chi connectivity index (χ4v) is 3.02. The summed E-state index contributed by atoms with van der Waals surface area (Å²) in [5, 5.41) is 2.60. The van der Waals surface area contributed by atoms with Gasteiger partial charge in [0.05, 0.1) is 4.90 Å². The Hall–Kier alpha value is -2.39. The number of nitrogens with one attached hydrogen (secondary N) is 2. The molecule has 25 heavy (non-hydrogen) atoms. The molecule has 2 aromatic carbocycles. The van der Waals surface area contributed by atoms with E-state index in [1.165, 1.54) is 16.9 Å². The topological polar surface area (TPSA) is 75.3 Å². The Morgan fingerprint density at radius 3 is 2.20 bits per heavy atom. The molecule has 0 radical (unpaired) electrons. The lowest BCUT2D eigenvalue weighted by Crippen LogP contribution is -2.33. The number of rotatable bonds is 5. The van der Waals surface area contributed by atoms with E-state index in [1.807, 2.05) is 0 Å². The summed E-state index contributed by atoms with van der Waals surface area (Å²) >= 11 is 0. The first kappa shape index (κ1) is 18.9. The minimum absolute atomic E-state index is 0.322. The average molecular weight is 372 g/mol. The van der Waals surface area contributed by atoms with Crippen LogP contribution in [0.3, 0.4) is 0 Å². The van der Waals surface area contributed by atoms with E-state index in [-0.39, 0.29) is 10.8 Å². The van der Waals surface area contributed by atoms with Crippen molar-refractivity contribution in [3.8, 4) is 0 Å². The van der Waals surface area contributed by atoms with Gasteiger partial charge in [0.25, 0.3) is 5.91 Å². The first-order chi connectivity index (χ1) is 11.6. The van der Waals surface area contributed by atoms with Crippen molar-refractivity contribution in [2.24, 2.45) is 0 Å². The molecule has 0 heterocycles. The minimum atomic E-state index is -4.64. The molecule has 0 bridgehead atoms. The van der Waals surface area contributed by atoms with Crippen LogP contribution in [0.5, 0.6) is 0 Å². The van der Waals surface area contributed by atoms with Gasteiger partial charge in [0.15, 0.2) is 0 Å². The van der Waals surface area contributed by atoms with Crippen molar-refractivity contribution in [3.63, 3.8) is 0 Å².